The summed E-state index contributed by atoms with van der Waals surface area (Å²) in [4.78, 5) is 26.9. The summed E-state index contributed by atoms with van der Waals surface area (Å²) in [5.74, 6) is -0.682. The monoisotopic (exact) mass is 335 g/mol. The predicted molar refractivity (Wildman–Crippen MR) is 95.0 cm³/mol. The zero-order valence-corrected chi connectivity index (χ0v) is 13.4. The average molecular weight is 335 g/mol. The molecule has 0 radical (unpaired) electrons. The highest BCUT2D eigenvalue weighted by molar-refractivity contribution is 6.00. The summed E-state index contributed by atoms with van der Waals surface area (Å²) >= 11 is 0. The van der Waals surface area contributed by atoms with Gasteiger partial charge < -0.3 is 10.3 Å². The molecule has 0 fully saturated rings. The first kappa shape index (κ1) is 16.4. The topological polar surface area (TPSA) is 102 Å². The van der Waals surface area contributed by atoms with Crippen LogP contribution in [-0.2, 0) is 11.3 Å². The van der Waals surface area contributed by atoms with E-state index in [9.17, 15) is 9.59 Å². The highest BCUT2D eigenvalue weighted by atomic mass is 16.2. The lowest BCUT2D eigenvalue weighted by Gasteiger charge is -2.02. The van der Waals surface area contributed by atoms with Crippen molar-refractivity contribution in [2.75, 3.05) is 0 Å². The molecule has 0 saturated heterocycles. The van der Waals surface area contributed by atoms with Crippen LogP contribution in [0.4, 0.5) is 0 Å². The fourth-order valence-corrected chi connectivity index (χ4v) is 2.52. The van der Waals surface area contributed by atoms with E-state index in [0.717, 1.165) is 16.5 Å². The highest BCUT2D eigenvalue weighted by Gasteiger charge is 2.08. The van der Waals surface area contributed by atoms with E-state index in [4.69, 9.17) is 5.73 Å². The summed E-state index contributed by atoms with van der Waals surface area (Å²) < 4.78 is 1.95. The van der Waals surface area contributed by atoms with Crippen LogP contribution in [0.15, 0.2) is 60.1 Å². The number of hydrogen-bond donors (Lipinski definition) is 2. The number of aryl methyl sites for hydroxylation is 1. The number of pyridine rings is 1. The highest BCUT2D eigenvalue weighted by Crippen LogP contribution is 2.20. The summed E-state index contributed by atoms with van der Waals surface area (Å²) in [6, 6.07) is 11.1. The third-order valence-electron chi connectivity index (χ3n) is 3.71. The molecule has 25 heavy (non-hydrogen) atoms. The van der Waals surface area contributed by atoms with Gasteiger partial charge in [-0.3, -0.25) is 14.6 Å². The fourth-order valence-electron chi connectivity index (χ4n) is 2.52. The maximum absolute atomic E-state index is 12.0. The maximum atomic E-state index is 12.0. The molecular formula is C18H17N5O2. The van der Waals surface area contributed by atoms with Gasteiger partial charge in [0.25, 0.3) is 5.91 Å². The minimum absolute atomic E-state index is 0.257. The standard InChI is InChI=1S/C18H17N5O2/c19-17(24)7-9-23-12-14(15-5-1-2-6-16(15)23)11-21-22-18(25)13-4-3-8-20-10-13/h1-6,8,10-12H,7,9H2,(H2,19,24)(H,22,25)/b21-11-. The van der Waals surface area contributed by atoms with Gasteiger partial charge in [0, 0.05) is 48.0 Å². The van der Waals surface area contributed by atoms with Crippen LogP contribution in [0.2, 0.25) is 0 Å². The van der Waals surface area contributed by atoms with Crippen LogP contribution < -0.4 is 11.2 Å². The minimum Gasteiger partial charge on any atom is -0.370 e. The number of para-hydroxylation sites is 1. The molecule has 3 aromatic rings. The van der Waals surface area contributed by atoms with Crippen LogP contribution >= 0.6 is 0 Å². The molecule has 2 heterocycles. The molecule has 3 rings (SSSR count). The third kappa shape index (κ3) is 3.89. The van der Waals surface area contributed by atoms with Crippen molar-refractivity contribution in [1.29, 1.82) is 0 Å². The maximum Gasteiger partial charge on any atom is 0.272 e. The van der Waals surface area contributed by atoms with Crippen molar-refractivity contribution in [3.63, 3.8) is 0 Å². The molecule has 2 aromatic heterocycles. The number of nitrogens with zero attached hydrogens (tertiary/aromatic N) is 3. The predicted octanol–water partition coefficient (Wildman–Crippen LogP) is 1.68. The van der Waals surface area contributed by atoms with Crippen LogP contribution in [0.25, 0.3) is 10.9 Å². The Morgan fingerprint density at radius 3 is 2.84 bits per heavy atom. The lowest BCUT2D eigenvalue weighted by atomic mass is 10.2. The van der Waals surface area contributed by atoms with E-state index in [1.54, 1.807) is 24.5 Å². The number of nitrogens with two attached hydrogens (primary N) is 1. The second-order valence-electron chi connectivity index (χ2n) is 5.45. The number of carbonyl (C=O) groups is 2. The van der Waals surface area contributed by atoms with Crippen LogP contribution in [0.1, 0.15) is 22.3 Å². The molecule has 0 spiro atoms. The van der Waals surface area contributed by atoms with Gasteiger partial charge in [-0.25, -0.2) is 5.43 Å². The van der Waals surface area contributed by atoms with Gasteiger partial charge in [0.15, 0.2) is 0 Å². The lowest BCUT2D eigenvalue weighted by molar-refractivity contribution is -0.118. The van der Waals surface area contributed by atoms with E-state index in [1.807, 2.05) is 35.0 Å². The number of benzene rings is 1. The van der Waals surface area contributed by atoms with Crippen molar-refractivity contribution in [2.24, 2.45) is 10.8 Å². The molecule has 0 aliphatic heterocycles. The number of primary amides is 1. The zero-order chi connectivity index (χ0) is 17.6. The van der Waals surface area contributed by atoms with Crippen molar-refractivity contribution < 1.29 is 9.59 Å². The van der Waals surface area contributed by atoms with Crippen molar-refractivity contribution in [3.8, 4) is 0 Å². The number of amides is 2. The van der Waals surface area contributed by atoms with Gasteiger partial charge in [-0.2, -0.15) is 5.10 Å². The second kappa shape index (κ2) is 7.39. The Hall–Kier alpha value is -3.48. The van der Waals surface area contributed by atoms with Gasteiger partial charge in [-0.05, 0) is 18.2 Å². The van der Waals surface area contributed by atoms with Crippen LogP contribution in [0, 0.1) is 0 Å². The number of hydrogen-bond acceptors (Lipinski definition) is 4. The van der Waals surface area contributed by atoms with Crippen LogP contribution in [0.3, 0.4) is 0 Å². The molecule has 0 aliphatic carbocycles. The molecule has 0 unspecified atom stereocenters. The second-order valence-corrected chi connectivity index (χ2v) is 5.45. The SMILES string of the molecule is NC(=O)CCn1cc(/C=N\NC(=O)c2cccnc2)c2ccccc21. The Bertz CT molecular complexity index is 931. The van der Waals surface area contributed by atoms with Crippen molar-refractivity contribution in [2.45, 2.75) is 13.0 Å². The van der Waals surface area contributed by atoms with Gasteiger partial charge in [0.05, 0.1) is 11.8 Å². The van der Waals surface area contributed by atoms with Crippen molar-refractivity contribution >= 4 is 28.9 Å². The molecule has 3 N–H and O–H groups in total. The lowest BCUT2D eigenvalue weighted by Crippen LogP contribution is -2.17. The Labute approximate surface area is 144 Å². The molecule has 7 heteroatoms. The number of fused-ring (bicyclic) bond motifs is 1. The zero-order valence-electron chi connectivity index (χ0n) is 13.4. The van der Waals surface area contributed by atoms with E-state index in [2.05, 4.69) is 15.5 Å². The number of aromatic nitrogens is 2. The van der Waals surface area contributed by atoms with E-state index in [-0.39, 0.29) is 18.2 Å². The van der Waals surface area contributed by atoms with Crippen molar-refractivity contribution in [3.05, 3.63) is 66.1 Å². The molecule has 7 nitrogen and oxygen atoms in total. The first-order valence-corrected chi connectivity index (χ1v) is 7.75. The Morgan fingerprint density at radius 1 is 1.24 bits per heavy atom. The summed E-state index contributed by atoms with van der Waals surface area (Å²) in [6.07, 6.45) is 6.79. The molecular weight excluding hydrogens is 318 g/mol. The van der Waals surface area contributed by atoms with E-state index >= 15 is 0 Å². The molecule has 0 saturated carbocycles. The quantitative estimate of drug-likeness (QED) is 0.529. The Kier molecular flexibility index (Phi) is 4.84. The summed E-state index contributed by atoms with van der Waals surface area (Å²) in [6.45, 7) is 0.492. The molecule has 2 amide bonds. The van der Waals surface area contributed by atoms with Gasteiger partial charge >= 0.3 is 0 Å². The van der Waals surface area contributed by atoms with Crippen LogP contribution in [0.5, 0.6) is 0 Å². The Morgan fingerprint density at radius 2 is 2.08 bits per heavy atom. The largest absolute Gasteiger partial charge is 0.370 e. The van der Waals surface area contributed by atoms with Gasteiger partial charge in [0.2, 0.25) is 5.91 Å². The van der Waals surface area contributed by atoms with Gasteiger partial charge in [-0.15, -0.1) is 0 Å². The molecule has 126 valence electrons. The third-order valence-corrected chi connectivity index (χ3v) is 3.71. The number of rotatable bonds is 6. The average Bonchev–Trinajstić information content (AvgIpc) is 2.99. The van der Waals surface area contributed by atoms with Gasteiger partial charge in [0.1, 0.15) is 0 Å². The normalized spacial score (nSPS) is 11.0. The summed E-state index contributed by atoms with van der Waals surface area (Å²) in [7, 11) is 0. The van der Waals surface area contributed by atoms with E-state index in [1.165, 1.54) is 6.20 Å². The van der Waals surface area contributed by atoms with Gasteiger partial charge in [-0.1, -0.05) is 18.2 Å². The Balaban J connectivity index is 1.79. The molecule has 0 aliphatic rings. The van der Waals surface area contributed by atoms with E-state index < -0.39 is 0 Å². The fraction of sp³-hybridized carbons (Fsp3) is 0.111. The first-order chi connectivity index (χ1) is 12.1. The molecule has 0 bridgehead atoms. The number of carbonyl (C=O) groups excluding carboxylic acids is 2. The van der Waals surface area contributed by atoms with Crippen molar-refractivity contribution in [1.82, 2.24) is 15.0 Å². The smallest absolute Gasteiger partial charge is 0.272 e. The molecule has 1 aromatic carbocycles. The number of nitrogens with one attached hydrogen (secondary N) is 1. The summed E-state index contributed by atoms with van der Waals surface area (Å²) in [5, 5.41) is 5.00. The first-order valence-electron chi connectivity index (χ1n) is 7.75. The van der Waals surface area contributed by atoms with Crippen LogP contribution in [-0.4, -0.2) is 27.6 Å². The van der Waals surface area contributed by atoms with E-state index in [0.29, 0.717) is 12.1 Å². The number of hydrazone groups is 1. The summed E-state index contributed by atoms with van der Waals surface area (Å²) in [5.41, 5.74) is 9.96. The molecule has 0 atom stereocenters. The minimum atomic E-state index is -0.350.